The molecule has 4 nitrogen and oxygen atoms in total. The van der Waals surface area contributed by atoms with E-state index < -0.39 is 0 Å². The van der Waals surface area contributed by atoms with E-state index in [-0.39, 0.29) is 6.61 Å². The van der Waals surface area contributed by atoms with Crippen molar-refractivity contribution < 1.29 is 5.11 Å². The van der Waals surface area contributed by atoms with Crippen molar-refractivity contribution in [2.45, 2.75) is 25.4 Å². The Morgan fingerprint density at radius 1 is 1.50 bits per heavy atom. The van der Waals surface area contributed by atoms with Gasteiger partial charge in [-0.3, -0.25) is 14.8 Å². The summed E-state index contributed by atoms with van der Waals surface area (Å²) in [4.78, 5) is 9.11. The molecule has 1 atom stereocenters. The van der Waals surface area contributed by atoms with Gasteiger partial charge >= 0.3 is 0 Å². The van der Waals surface area contributed by atoms with Gasteiger partial charge < -0.3 is 5.11 Å². The molecule has 100 valence electrons. The molecular formula is C14H23N3O. The highest BCUT2D eigenvalue weighted by Gasteiger charge is 2.22. The highest BCUT2D eigenvalue weighted by Crippen LogP contribution is 2.16. The molecule has 0 radical (unpaired) electrons. The maximum atomic E-state index is 9.00. The Balaban J connectivity index is 1.87. The van der Waals surface area contributed by atoms with E-state index in [4.69, 9.17) is 5.11 Å². The van der Waals surface area contributed by atoms with Crippen LogP contribution in [0, 0.1) is 0 Å². The number of aromatic nitrogens is 1. The Kier molecular flexibility index (Phi) is 5.11. The van der Waals surface area contributed by atoms with Crippen molar-refractivity contribution in [3.05, 3.63) is 30.1 Å². The molecule has 0 spiro atoms. The summed E-state index contributed by atoms with van der Waals surface area (Å²) in [6.45, 7) is 4.17. The molecule has 0 aliphatic carbocycles. The molecule has 1 unspecified atom stereocenters. The number of likely N-dealkylation sites (N-methyl/N-ethyl adjacent to an activating group) is 1. The number of rotatable bonds is 5. The lowest BCUT2D eigenvalue weighted by molar-refractivity contribution is 0.0963. The van der Waals surface area contributed by atoms with Crippen molar-refractivity contribution in [1.29, 1.82) is 0 Å². The van der Waals surface area contributed by atoms with Crippen LogP contribution in [0.15, 0.2) is 24.4 Å². The van der Waals surface area contributed by atoms with Crippen LogP contribution in [-0.4, -0.2) is 59.2 Å². The third-order valence-corrected chi connectivity index (χ3v) is 3.67. The highest BCUT2D eigenvalue weighted by molar-refractivity contribution is 5.03. The number of aliphatic hydroxyl groups is 1. The molecule has 1 fully saturated rings. The maximum Gasteiger partial charge on any atom is 0.0558 e. The zero-order chi connectivity index (χ0) is 12.8. The van der Waals surface area contributed by atoms with Crippen LogP contribution in [0.3, 0.4) is 0 Å². The van der Waals surface area contributed by atoms with Gasteiger partial charge in [-0.05, 0) is 38.6 Å². The minimum absolute atomic E-state index is 0.243. The number of likely N-dealkylation sites (tertiary alicyclic amines) is 1. The summed E-state index contributed by atoms with van der Waals surface area (Å²) in [6.07, 6.45) is 4.32. The van der Waals surface area contributed by atoms with Crippen LogP contribution in [0.4, 0.5) is 0 Å². The summed E-state index contributed by atoms with van der Waals surface area (Å²) in [7, 11) is 2.10. The van der Waals surface area contributed by atoms with E-state index in [2.05, 4.69) is 27.9 Å². The van der Waals surface area contributed by atoms with Crippen molar-refractivity contribution in [3.8, 4) is 0 Å². The maximum absolute atomic E-state index is 9.00. The van der Waals surface area contributed by atoms with Crippen LogP contribution in [-0.2, 0) is 6.54 Å². The van der Waals surface area contributed by atoms with Crippen LogP contribution in [0.2, 0.25) is 0 Å². The molecule has 1 aromatic rings. The van der Waals surface area contributed by atoms with E-state index in [1.165, 1.54) is 12.8 Å². The molecule has 0 bridgehead atoms. The number of nitrogens with zero attached hydrogens (tertiary/aromatic N) is 3. The molecule has 1 aliphatic rings. The molecule has 2 heterocycles. The van der Waals surface area contributed by atoms with E-state index in [1.54, 1.807) is 0 Å². The molecule has 2 rings (SSSR count). The van der Waals surface area contributed by atoms with Crippen molar-refractivity contribution >= 4 is 0 Å². The summed E-state index contributed by atoms with van der Waals surface area (Å²) in [5.41, 5.74) is 1.14. The topological polar surface area (TPSA) is 39.6 Å². The van der Waals surface area contributed by atoms with E-state index >= 15 is 0 Å². The Bertz CT molecular complexity index is 344. The summed E-state index contributed by atoms with van der Waals surface area (Å²) < 4.78 is 0. The fourth-order valence-corrected chi connectivity index (χ4v) is 2.60. The Labute approximate surface area is 109 Å². The first-order chi connectivity index (χ1) is 8.79. The van der Waals surface area contributed by atoms with Gasteiger partial charge in [0.05, 0.1) is 12.3 Å². The second-order valence-electron chi connectivity index (χ2n) is 5.06. The molecule has 1 N–H and O–H groups in total. The predicted molar refractivity (Wildman–Crippen MR) is 72.3 cm³/mol. The lowest BCUT2D eigenvalue weighted by atomic mass is 10.0. The van der Waals surface area contributed by atoms with E-state index in [0.717, 1.165) is 31.9 Å². The minimum atomic E-state index is 0.243. The average molecular weight is 249 g/mol. The van der Waals surface area contributed by atoms with Crippen LogP contribution >= 0.6 is 0 Å². The number of aliphatic hydroxyl groups excluding tert-OH is 1. The summed E-state index contributed by atoms with van der Waals surface area (Å²) in [5, 5.41) is 9.00. The molecule has 0 aromatic carbocycles. The zero-order valence-electron chi connectivity index (χ0n) is 11.1. The quantitative estimate of drug-likeness (QED) is 0.844. The Morgan fingerprint density at radius 3 is 3.11 bits per heavy atom. The third-order valence-electron chi connectivity index (χ3n) is 3.67. The minimum Gasteiger partial charge on any atom is -0.395 e. The largest absolute Gasteiger partial charge is 0.395 e. The lowest BCUT2D eigenvalue weighted by Gasteiger charge is -2.37. The molecule has 18 heavy (non-hydrogen) atoms. The van der Waals surface area contributed by atoms with Gasteiger partial charge in [-0.1, -0.05) is 6.07 Å². The molecule has 1 aromatic heterocycles. The second kappa shape index (κ2) is 6.83. The van der Waals surface area contributed by atoms with E-state index in [1.807, 2.05) is 18.3 Å². The fraction of sp³-hybridized carbons (Fsp3) is 0.643. The van der Waals surface area contributed by atoms with Crippen molar-refractivity contribution in [1.82, 2.24) is 14.8 Å². The SMILES string of the molecule is CN(CCO)C1CCCN(Cc2ccccn2)C1. The standard InChI is InChI=1S/C14H23N3O/c1-16(9-10-18)14-6-4-8-17(12-14)11-13-5-2-3-7-15-13/h2-3,5,7,14,18H,4,6,8-12H2,1H3. The van der Waals surface area contributed by atoms with E-state index in [0.29, 0.717) is 6.04 Å². The van der Waals surface area contributed by atoms with Crippen LogP contribution in [0.1, 0.15) is 18.5 Å². The van der Waals surface area contributed by atoms with Gasteiger partial charge in [0.1, 0.15) is 0 Å². The van der Waals surface area contributed by atoms with Crippen molar-refractivity contribution in [3.63, 3.8) is 0 Å². The highest BCUT2D eigenvalue weighted by atomic mass is 16.3. The van der Waals surface area contributed by atoms with Crippen LogP contribution in [0.25, 0.3) is 0 Å². The smallest absolute Gasteiger partial charge is 0.0558 e. The lowest BCUT2D eigenvalue weighted by Crippen LogP contribution is -2.46. The monoisotopic (exact) mass is 249 g/mol. The van der Waals surface area contributed by atoms with Crippen LogP contribution < -0.4 is 0 Å². The van der Waals surface area contributed by atoms with Gasteiger partial charge in [0.15, 0.2) is 0 Å². The van der Waals surface area contributed by atoms with E-state index in [9.17, 15) is 0 Å². The Morgan fingerprint density at radius 2 is 2.39 bits per heavy atom. The summed E-state index contributed by atoms with van der Waals surface area (Å²) in [5.74, 6) is 0. The first kappa shape index (κ1) is 13.5. The molecule has 1 aliphatic heterocycles. The van der Waals surface area contributed by atoms with Crippen molar-refractivity contribution in [2.75, 3.05) is 33.3 Å². The van der Waals surface area contributed by atoms with Gasteiger partial charge in [-0.25, -0.2) is 0 Å². The van der Waals surface area contributed by atoms with Crippen LogP contribution in [0.5, 0.6) is 0 Å². The van der Waals surface area contributed by atoms with Gasteiger partial charge in [0, 0.05) is 31.9 Å². The van der Waals surface area contributed by atoms with Gasteiger partial charge in [-0.2, -0.15) is 0 Å². The van der Waals surface area contributed by atoms with Crippen molar-refractivity contribution in [2.24, 2.45) is 0 Å². The molecular weight excluding hydrogens is 226 g/mol. The number of hydrogen-bond donors (Lipinski definition) is 1. The second-order valence-corrected chi connectivity index (χ2v) is 5.06. The number of pyridine rings is 1. The first-order valence-corrected chi connectivity index (χ1v) is 6.73. The summed E-state index contributed by atoms with van der Waals surface area (Å²) >= 11 is 0. The van der Waals surface area contributed by atoms with Gasteiger partial charge in [-0.15, -0.1) is 0 Å². The zero-order valence-corrected chi connectivity index (χ0v) is 11.1. The predicted octanol–water partition coefficient (Wildman–Crippen LogP) is 0.970. The Hall–Kier alpha value is -0.970. The number of piperidine rings is 1. The fourth-order valence-electron chi connectivity index (χ4n) is 2.60. The third kappa shape index (κ3) is 3.77. The van der Waals surface area contributed by atoms with Gasteiger partial charge in [0.2, 0.25) is 0 Å². The molecule has 0 saturated carbocycles. The van der Waals surface area contributed by atoms with Gasteiger partial charge in [0.25, 0.3) is 0 Å². The molecule has 0 amide bonds. The number of hydrogen-bond acceptors (Lipinski definition) is 4. The normalized spacial score (nSPS) is 21.4. The summed E-state index contributed by atoms with van der Waals surface area (Å²) in [6, 6.07) is 6.65. The first-order valence-electron chi connectivity index (χ1n) is 6.73. The molecule has 4 heteroatoms. The average Bonchev–Trinajstić information content (AvgIpc) is 2.40. The molecule has 1 saturated heterocycles.